The smallest absolute Gasteiger partial charge is 0.189 e. The van der Waals surface area contributed by atoms with Crippen molar-refractivity contribution < 1.29 is 20.0 Å². The molecule has 134 valence electrons. The third-order valence-electron chi connectivity index (χ3n) is 3.41. The van der Waals surface area contributed by atoms with Crippen molar-refractivity contribution in [3.05, 3.63) is 0 Å². The van der Waals surface area contributed by atoms with Gasteiger partial charge >= 0.3 is 0 Å². The molecule has 0 spiro atoms. The molecule has 4 heteroatoms. The van der Waals surface area contributed by atoms with Crippen LogP contribution in [0.15, 0.2) is 0 Å². The number of hydrogen-bond acceptors (Lipinski definition) is 4. The highest BCUT2D eigenvalue weighted by Crippen LogP contribution is 2.28. The van der Waals surface area contributed by atoms with Crippen LogP contribution in [0.5, 0.6) is 0 Å². The minimum absolute atomic E-state index is 0.224. The van der Waals surface area contributed by atoms with Gasteiger partial charge in [0.1, 0.15) is 0 Å². The van der Waals surface area contributed by atoms with Crippen LogP contribution < -0.4 is 0 Å². The second-order valence-electron chi connectivity index (χ2n) is 9.31. The Morgan fingerprint density at radius 1 is 0.682 bits per heavy atom. The quantitative estimate of drug-likeness (QED) is 0.373. The summed E-state index contributed by atoms with van der Waals surface area (Å²) in [4.78, 5) is 9.85. The Labute approximate surface area is 137 Å². The molecule has 0 rings (SSSR count). The molecule has 0 aliphatic heterocycles. The molecule has 0 aromatic heterocycles. The van der Waals surface area contributed by atoms with E-state index in [2.05, 4.69) is 55.4 Å². The second kappa shape index (κ2) is 9.21. The largest absolute Gasteiger partial charge is 0.366 e. The van der Waals surface area contributed by atoms with Crippen molar-refractivity contribution in [2.45, 2.75) is 93.7 Å². The van der Waals surface area contributed by atoms with Gasteiger partial charge in [-0.2, -0.15) is 0 Å². The Morgan fingerprint density at radius 2 is 0.955 bits per heavy atom. The average molecular weight is 318 g/mol. The first kappa shape index (κ1) is 21.8. The molecule has 0 bridgehead atoms. The highest BCUT2D eigenvalue weighted by molar-refractivity contribution is 4.68. The fourth-order valence-corrected chi connectivity index (χ4v) is 3.15. The molecule has 0 aromatic rings. The zero-order valence-electron chi connectivity index (χ0n) is 15.8. The molecular weight excluding hydrogens is 280 g/mol. The van der Waals surface area contributed by atoms with Crippen LogP contribution in [0, 0.1) is 22.7 Å². The van der Waals surface area contributed by atoms with Crippen LogP contribution in [-0.4, -0.2) is 22.8 Å². The molecule has 0 amide bonds. The normalized spacial score (nSPS) is 18.8. The van der Waals surface area contributed by atoms with Crippen molar-refractivity contribution in [2.75, 3.05) is 0 Å². The molecule has 0 aromatic carbocycles. The summed E-state index contributed by atoms with van der Waals surface area (Å²) in [6.07, 6.45) is 1.01. The van der Waals surface area contributed by atoms with Gasteiger partial charge in [-0.15, -0.1) is 0 Å². The van der Waals surface area contributed by atoms with Crippen molar-refractivity contribution in [3.8, 4) is 0 Å². The number of hydrogen-bond donors (Lipinski definition) is 2. The summed E-state index contributed by atoms with van der Waals surface area (Å²) in [5.41, 5.74) is 0.448. The Balaban J connectivity index is 3.96. The molecule has 4 atom stereocenters. The van der Waals surface area contributed by atoms with Crippen molar-refractivity contribution >= 4 is 0 Å². The first-order valence-electron chi connectivity index (χ1n) is 8.47. The fourth-order valence-electron chi connectivity index (χ4n) is 3.15. The fraction of sp³-hybridized carbons (Fsp3) is 1.00. The van der Waals surface area contributed by atoms with E-state index in [1.165, 1.54) is 0 Å². The van der Waals surface area contributed by atoms with Crippen molar-refractivity contribution in [1.82, 2.24) is 0 Å². The van der Waals surface area contributed by atoms with E-state index in [1.807, 2.05) is 0 Å². The molecule has 0 aliphatic rings. The van der Waals surface area contributed by atoms with Crippen molar-refractivity contribution in [1.29, 1.82) is 0 Å². The maximum absolute atomic E-state index is 9.83. The molecule has 0 saturated heterocycles. The third-order valence-corrected chi connectivity index (χ3v) is 3.41. The molecule has 0 heterocycles. The van der Waals surface area contributed by atoms with Gasteiger partial charge in [0.25, 0.3) is 0 Å². The van der Waals surface area contributed by atoms with E-state index in [1.54, 1.807) is 0 Å². The second-order valence-corrected chi connectivity index (χ2v) is 9.31. The Kier molecular flexibility index (Phi) is 9.15. The monoisotopic (exact) mass is 318 g/mol. The van der Waals surface area contributed by atoms with Crippen LogP contribution in [0.4, 0.5) is 0 Å². The first-order valence-corrected chi connectivity index (χ1v) is 8.47. The maximum Gasteiger partial charge on any atom is 0.189 e. The zero-order valence-corrected chi connectivity index (χ0v) is 15.8. The summed E-state index contributed by atoms with van der Waals surface area (Å²) in [6.45, 7) is 17.2. The van der Waals surface area contributed by atoms with Gasteiger partial charge in [-0.25, -0.2) is 9.78 Å². The van der Waals surface area contributed by atoms with Gasteiger partial charge in [-0.3, -0.25) is 0 Å². The van der Waals surface area contributed by atoms with Crippen LogP contribution in [0.25, 0.3) is 0 Å². The van der Waals surface area contributed by atoms with Gasteiger partial charge in [0.2, 0.25) is 0 Å². The Bertz CT molecular complexity index is 260. The van der Waals surface area contributed by atoms with Gasteiger partial charge < -0.3 is 10.2 Å². The van der Waals surface area contributed by atoms with Gasteiger partial charge in [0.15, 0.2) is 12.6 Å². The lowest BCUT2D eigenvalue weighted by atomic mass is 9.84. The highest BCUT2D eigenvalue weighted by atomic mass is 17.2. The molecule has 0 saturated carbocycles. The number of aliphatic hydroxyl groups is 2. The van der Waals surface area contributed by atoms with Crippen LogP contribution >= 0.6 is 0 Å². The SMILES string of the molecule is CC(CC(O)OOC(O)CC(C)CC(C)(C)C)CC(C)(C)C. The number of aliphatic hydroxyl groups excluding tert-OH is 2. The predicted octanol–water partition coefficient (Wildman–Crippen LogP) is 4.50. The number of rotatable bonds is 9. The minimum atomic E-state index is -0.995. The van der Waals surface area contributed by atoms with E-state index in [9.17, 15) is 10.2 Å². The van der Waals surface area contributed by atoms with E-state index in [4.69, 9.17) is 9.78 Å². The van der Waals surface area contributed by atoms with E-state index in [0.29, 0.717) is 24.7 Å². The molecule has 2 N–H and O–H groups in total. The lowest BCUT2D eigenvalue weighted by Crippen LogP contribution is -2.24. The van der Waals surface area contributed by atoms with Crippen molar-refractivity contribution in [3.63, 3.8) is 0 Å². The minimum Gasteiger partial charge on any atom is -0.366 e. The van der Waals surface area contributed by atoms with Gasteiger partial charge in [0.05, 0.1) is 0 Å². The van der Waals surface area contributed by atoms with Gasteiger partial charge in [0, 0.05) is 12.8 Å². The Hall–Kier alpha value is -0.160. The highest BCUT2D eigenvalue weighted by Gasteiger charge is 2.21. The van der Waals surface area contributed by atoms with Gasteiger partial charge in [-0.1, -0.05) is 55.4 Å². The van der Waals surface area contributed by atoms with E-state index in [-0.39, 0.29) is 10.8 Å². The lowest BCUT2D eigenvalue weighted by molar-refractivity contribution is -0.427. The van der Waals surface area contributed by atoms with Crippen LogP contribution in [0.2, 0.25) is 0 Å². The lowest BCUT2D eigenvalue weighted by Gasteiger charge is -2.26. The summed E-state index contributed by atoms with van der Waals surface area (Å²) < 4.78 is 0. The van der Waals surface area contributed by atoms with E-state index in [0.717, 1.165) is 12.8 Å². The standard InChI is InChI=1S/C18H38O4/c1-13(11-17(3,4)5)9-15(19)21-22-16(20)10-14(2)12-18(6,7)8/h13-16,19-20H,9-12H2,1-8H3. The summed E-state index contributed by atoms with van der Waals surface area (Å²) in [6, 6.07) is 0. The van der Waals surface area contributed by atoms with Crippen LogP contribution in [0.3, 0.4) is 0 Å². The summed E-state index contributed by atoms with van der Waals surface area (Å²) in [7, 11) is 0. The molecule has 22 heavy (non-hydrogen) atoms. The summed E-state index contributed by atoms with van der Waals surface area (Å²) >= 11 is 0. The molecule has 0 radical (unpaired) electrons. The molecule has 4 nitrogen and oxygen atoms in total. The molecule has 0 fully saturated rings. The zero-order chi connectivity index (χ0) is 17.6. The van der Waals surface area contributed by atoms with Crippen LogP contribution in [0.1, 0.15) is 81.1 Å². The summed E-state index contributed by atoms with van der Waals surface area (Å²) in [5.74, 6) is 0.658. The first-order chi connectivity index (χ1) is 9.78. The third kappa shape index (κ3) is 13.5. The maximum atomic E-state index is 9.83. The predicted molar refractivity (Wildman–Crippen MR) is 89.9 cm³/mol. The summed E-state index contributed by atoms with van der Waals surface area (Å²) in [5, 5.41) is 19.7. The van der Waals surface area contributed by atoms with E-state index >= 15 is 0 Å². The molecule has 0 aliphatic carbocycles. The molecular formula is C18H38O4. The van der Waals surface area contributed by atoms with Crippen molar-refractivity contribution in [2.24, 2.45) is 22.7 Å². The van der Waals surface area contributed by atoms with E-state index < -0.39 is 12.6 Å². The molecule has 4 unspecified atom stereocenters. The topological polar surface area (TPSA) is 58.9 Å². The van der Waals surface area contributed by atoms with Crippen LogP contribution in [-0.2, 0) is 9.78 Å². The average Bonchev–Trinajstić information content (AvgIpc) is 2.20. The van der Waals surface area contributed by atoms with Gasteiger partial charge in [-0.05, 0) is 35.5 Å². The Morgan fingerprint density at radius 3 is 1.18 bits per heavy atom.